The Kier molecular flexibility index (Phi) is 2.02. The Hall–Kier alpha value is -1.63. The number of pyridine rings is 1. The highest BCUT2D eigenvalue weighted by Gasteiger charge is 2.03. The maximum atomic E-state index is 12.4. The highest BCUT2D eigenvalue weighted by atomic mass is 19.1. The van der Waals surface area contributed by atoms with Gasteiger partial charge in [-0.15, -0.1) is 0 Å². The van der Waals surface area contributed by atoms with E-state index in [1.807, 2.05) is 6.07 Å². The molecule has 0 aliphatic heterocycles. The molecule has 11 heavy (non-hydrogen) atoms. The van der Waals surface area contributed by atoms with E-state index in [0.29, 0.717) is 0 Å². The van der Waals surface area contributed by atoms with E-state index >= 15 is 0 Å². The van der Waals surface area contributed by atoms with Crippen LogP contribution >= 0.6 is 0 Å². The lowest BCUT2D eigenvalue weighted by molar-refractivity contribution is 0.386. The zero-order chi connectivity index (χ0) is 8.27. The molecule has 0 aliphatic rings. The molecule has 0 saturated heterocycles. The fourth-order valence-electron chi connectivity index (χ4n) is 0.659. The van der Waals surface area contributed by atoms with E-state index in [1.165, 1.54) is 13.2 Å². The third-order valence-electron chi connectivity index (χ3n) is 1.14. The summed E-state index contributed by atoms with van der Waals surface area (Å²) in [5, 5.41) is 8.45. The fraction of sp³-hybridized carbons (Fsp3) is 0.143. The summed E-state index contributed by atoms with van der Waals surface area (Å²) >= 11 is 0. The molecule has 1 rings (SSSR count). The third kappa shape index (κ3) is 1.44. The molecule has 4 heteroatoms. The standard InChI is InChI=1S/C7H5FN2O/c1-11-7-5(4-9)2-3-6(8)10-7/h2-3H,1H3. The average Bonchev–Trinajstić information content (AvgIpc) is 2.04. The molecule has 0 amide bonds. The first-order valence-corrected chi connectivity index (χ1v) is 2.88. The van der Waals surface area contributed by atoms with Crippen molar-refractivity contribution in [3.63, 3.8) is 0 Å². The van der Waals surface area contributed by atoms with E-state index in [4.69, 9.17) is 5.26 Å². The summed E-state index contributed by atoms with van der Waals surface area (Å²) < 4.78 is 17.0. The molecule has 1 aromatic rings. The quantitative estimate of drug-likeness (QED) is 0.566. The molecular weight excluding hydrogens is 147 g/mol. The topological polar surface area (TPSA) is 45.9 Å². The molecule has 56 valence electrons. The molecule has 0 atom stereocenters. The van der Waals surface area contributed by atoms with Gasteiger partial charge in [0, 0.05) is 0 Å². The number of rotatable bonds is 1. The van der Waals surface area contributed by atoms with E-state index in [9.17, 15) is 4.39 Å². The molecule has 0 N–H and O–H groups in total. The Bertz CT molecular complexity index is 306. The predicted octanol–water partition coefficient (Wildman–Crippen LogP) is 1.10. The van der Waals surface area contributed by atoms with Gasteiger partial charge in [-0.1, -0.05) is 0 Å². The van der Waals surface area contributed by atoms with Crippen molar-refractivity contribution in [3.8, 4) is 11.9 Å². The minimum Gasteiger partial charge on any atom is -0.480 e. The second kappa shape index (κ2) is 2.97. The van der Waals surface area contributed by atoms with Crippen LogP contribution in [0, 0.1) is 17.3 Å². The number of halogens is 1. The molecule has 0 bridgehead atoms. The second-order valence-corrected chi connectivity index (χ2v) is 1.80. The zero-order valence-electron chi connectivity index (χ0n) is 5.84. The summed E-state index contributed by atoms with van der Waals surface area (Å²) in [4.78, 5) is 3.35. The Balaban J connectivity index is 3.19. The molecule has 1 aromatic heterocycles. The minimum atomic E-state index is -0.652. The normalized spacial score (nSPS) is 8.82. The second-order valence-electron chi connectivity index (χ2n) is 1.80. The van der Waals surface area contributed by atoms with Crippen molar-refractivity contribution in [2.45, 2.75) is 0 Å². The van der Waals surface area contributed by atoms with Crippen molar-refractivity contribution < 1.29 is 9.13 Å². The van der Waals surface area contributed by atoms with Gasteiger partial charge in [-0.2, -0.15) is 14.6 Å². The van der Waals surface area contributed by atoms with Gasteiger partial charge in [-0.3, -0.25) is 0 Å². The lowest BCUT2D eigenvalue weighted by atomic mass is 10.3. The van der Waals surface area contributed by atoms with Crippen LogP contribution in [0.3, 0.4) is 0 Å². The Morgan fingerprint density at radius 3 is 2.91 bits per heavy atom. The number of nitriles is 1. The number of methoxy groups -OCH3 is 1. The van der Waals surface area contributed by atoms with Crippen molar-refractivity contribution in [1.29, 1.82) is 5.26 Å². The lowest BCUT2D eigenvalue weighted by Gasteiger charge is -1.98. The van der Waals surface area contributed by atoms with Crippen LogP contribution in [0.4, 0.5) is 4.39 Å². The van der Waals surface area contributed by atoms with E-state index in [0.717, 1.165) is 6.07 Å². The molecule has 0 aliphatic carbocycles. The van der Waals surface area contributed by atoms with Gasteiger partial charge in [0.05, 0.1) is 7.11 Å². The van der Waals surface area contributed by atoms with Gasteiger partial charge in [0.2, 0.25) is 11.8 Å². The predicted molar refractivity (Wildman–Crippen MR) is 35.5 cm³/mol. The summed E-state index contributed by atoms with van der Waals surface area (Å²) in [5.74, 6) is -0.631. The molecule has 0 saturated carbocycles. The number of nitrogens with zero attached hydrogens (tertiary/aromatic N) is 2. The first-order chi connectivity index (χ1) is 5.27. The van der Waals surface area contributed by atoms with Crippen LogP contribution in [0.15, 0.2) is 12.1 Å². The number of hydrogen-bond donors (Lipinski definition) is 0. The van der Waals surface area contributed by atoms with Crippen molar-refractivity contribution in [3.05, 3.63) is 23.6 Å². The van der Waals surface area contributed by atoms with Crippen molar-refractivity contribution in [2.24, 2.45) is 0 Å². The summed E-state index contributed by atoms with van der Waals surface area (Å²) in [7, 11) is 1.34. The van der Waals surface area contributed by atoms with Crippen LogP contribution in [0.1, 0.15) is 5.56 Å². The molecule has 3 nitrogen and oxygen atoms in total. The smallest absolute Gasteiger partial charge is 0.234 e. The van der Waals surface area contributed by atoms with Gasteiger partial charge < -0.3 is 4.74 Å². The molecule has 0 unspecified atom stereocenters. The zero-order valence-corrected chi connectivity index (χ0v) is 5.84. The van der Waals surface area contributed by atoms with Crippen LogP contribution in [0.2, 0.25) is 0 Å². The van der Waals surface area contributed by atoms with Gasteiger partial charge in [-0.25, -0.2) is 0 Å². The monoisotopic (exact) mass is 152 g/mol. The van der Waals surface area contributed by atoms with Crippen LogP contribution < -0.4 is 4.74 Å². The number of hydrogen-bond acceptors (Lipinski definition) is 3. The minimum absolute atomic E-state index is 0.0208. The van der Waals surface area contributed by atoms with E-state index in [1.54, 1.807) is 0 Å². The lowest BCUT2D eigenvalue weighted by Crippen LogP contribution is -1.93. The highest BCUT2D eigenvalue weighted by molar-refractivity contribution is 5.37. The summed E-state index contributed by atoms with van der Waals surface area (Å²) in [6.07, 6.45) is 0. The van der Waals surface area contributed by atoms with E-state index < -0.39 is 5.95 Å². The first-order valence-electron chi connectivity index (χ1n) is 2.88. The molecule has 1 heterocycles. The maximum Gasteiger partial charge on any atom is 0.234 e. The van der Waals surface area contributed by atoms with Crippen molar-refractivity contribution >= 4 is 0 Å². The van der Waals surface area contributed by atoms with E-state index in [-0.39, 0.29) is 11.4 Å². The number of aromatic nitrogens is 1. The summed E-state index contributed by atoms with van der Waals surface area (Å²) in [5.41, 5.74) is 0.230. The van der Waals surface area contributed by atoms with Crippen LogP contribution in [0.5, 0.6) is 5.88 Å². The fourth-order valence-corrected chi connectivity index (χ4v) is 0.659. The molecule has 0 spiro atoms. The van der Waals surface area contributed by atoms with Crippen molar-refractivity contribution in [2.75, 3.05) is 7.11 Å². The molecule has 0 radical (unpaired) electrons. The van der Waals surface area contributed by atoms with Gasteiger partial charge in [0.1, 0.15) is 11.6 Å². The molecular formula is C7H5FN2O. The van der Waals surface area contributed by atoms with Gasteiger partial charge in [-0.05, 0) is 12.1 Å². The first kappa shape index (κ1) is 7.48. The van der Waals surface area contributed by atoms with Crippen LogP contribution in [-0.2, 0) is 0 Å². The van der Waals surface area contributed by atoms with E-state index in [2.05, 4.69) is 9.72 Å². The average molecular weight is 152 g/mol. The van der Waals surface area contributed by atoms with Gasteiger partial charge in [0.15, 0.2) is 0 Å². The molecule has 0 fully saturated rings. The summed E-state index contributed by atoms with van der Waals surface area (Å²) in [6.45, 7) is 0. The third-order valence-corrected chi connectivity index (χ3v) is 1.14. The highest BCUT2D eigenvalue weighted by Crippen LogP contribution is 2.12. The Morgan fingerprint density at radius 2 is 2.36 bits per heavy atom. The molecule has 0 aromatic carbocycles. The Morgan fingerprint density at radius 1 is 1.64 bits per heavy atom. The van der Waals surface area contributed by atoms with Crippen LogP contribution in [-0.4, -0.2) is 12.1 Å². The van der Waals surface area contributed by atoms with Crippen molar-refractivity contribution in [1.82, 2.24) is 4.98 Å². The summed E-state index contributed by atoms with van der Waals surface area (Å²) in [6, 6.07) is 4.25. The van der Waals surface area contributed by atoms with Crippen LogP contribution in [0.25, 0.3) is 0 Å². The SMILES string of the molecule is COc1nc(F)ccc1C#N. The van der Waals surface area contributed by atoms with Gasteiger partial charge in [0.25, 0.3) is 0 Å². The Labute approximate surface area is 63.1 Å². The number of ether oxygens (including phenoxy) is 1. The maximum absolute atomic E-state index is 12.4. The largest absolute Gasteiger partial charge is 0.480 e. The van der Waals surface area contributed by atoms with Gasteiger partial charge >= 0.3 is 0 Å².